The summed E-state index contributed by atoms with van der Waals surface area (Å²) in [6.07, 6.45) is 2.03. The van der Waals surface area contributed by atoms with E-state index in [0.717, 1.165) is 42.3 Å². The Balaban J connectivity index is 1.49. The number of hydrogen-bond donors (Lipinski definition) is 1. The zero-order valence-electron chi connectivity index (χ0n) is 16.2. The molecule has 0 bridgehead atoms. The Labute approximate surface area is 163 Å². The molecule has 3 aromatic rings. The fraction of sp³-hybridized carbons (Fsp3) is 0.450. The van der Waals surface area contributed by atoms with Crippen molar-refractivity contribution in [3.05, 3.63) is 40.7 Å². The first-order chi connectivity index (χ1) is 12.9. The van der Waals surface area contributed by atoms with Gasteiger partial charge in [0.1, 0.15) is 5.69 Å². The minimum atomic E-state index is -0.0960. The van der Waals surface area contributed by atoms with Crippen LogP contribution in [-0.4, -0.2) is 39.8 Å². The molecule has 1 N–H and O–H groups in total. The van der Waals surface area contributed by atoms with Crippen LogP contribution in [0, 0.1) is 20.8 Å². The van der Waals surface area contributed by atoms with Gasteiger partial charge in [0.25, 0.3) is 5.91 Å². The van der Waals surface area contributed by atoms with Gasteiger partial charge in [-0.15, -0.1) is 0 Å². The second kappa shape index (κ2) is 6.96. The lowest BCUT2D eigenvalue weighted by Crippen LogP contribution is -2.47. The van der Waals surface area contributed by atoms with E-state index in [2.05, 4.69) is 41.3 Å². The molecule has 0 spiro atoms. The predicted molar refractivity (Wildman–Crippen MR) is 110 cm³/mol. The number of rotatable bonds is 3. The van der Waals surface area contributed by atoms with Crippen molar-refractivity contribution < 1.29 is 4.79 Å². The molecule has 142 valence electrons. The number of benzene rings is 1. The van der Waals surface area contributed by atoms with Crippen LogP contribution in [0.3, 0.4) is 0 Å². The van der Waals surface area contributed by atoms with Gasteiger partial charge < -0.3 is 10.2 Å². The van der Waals surface area contributed by atoms with E-state index < -0.39 is 0 Å². The monoisotopic (exact) mass is 383 g/mol. The summed E-state index contributed by atoms with van der Waals surface area (Å²) in [5.41, 5.74) is 5.09. The van der Waals surface area contributed by atoms with Crippen molar-refractivity contribution in [1.82, 2.24) is 20.1 Å². The van der Waals surface area contributed by atoms with Crippen LogP contribution >= 0.6 is 11.3 Å². The summed E-state index contributed by atoms with van der Waals surface area (Å²) in [6.45, 7) is 7.97. The van der Waals surface area contributed by atoms with Gasteiger partial charge in [0.15, 0.2) is 5.13 Å². The molecule has 4 rings (SSSR count). The van der Waals surface area contributed by atoms with E-state index in [-0.39, 0.29) is 11.9 Å². The van der Waals surface area contributed by atoms with Crippen molar-refractivity contribution >= 4 is 32.6 Å². The summed E-state index contributed by atoms with van der Waals surface area (Å²) in [4.78, 5) is 19.7. The SMILES string of the molecule is Cc1ccc2sc(N3CCCC(NC(=O)c4cc(C)n(C)n4)C3)nc2c1C. The molecule has 0 aliphatic carbocycles. The van der Waals surface area contributed by atoms with Crippen LogP contribution in [-0.2, 0) is 7.05 Å². The maximum Gasteiger partial charge on any atom is 0.272 e. The average molecular weight is 384 g/mol. The summed E-state index contributed by atoms with van der Waals surface area (Å²) in [7, 11) is 1.85. The van der Waals surface area contributed by atoms with Gasteiger partial charge in [-0.1, -0.05) is 17.4 Å². The van der Waals surface area contributed by atoms with E-state index in [9.17, 15) is 4.79 Å². The molecule has 2 aromatic heterocycles. The minimum Gasteiger partial charge on any atom is -0.346 e. The molecule has 6 nitrogen and oxygen atoms in total. The molecule has 1 fully saturated rings. The van der Waals surface area contributed by atoms with Crippen LogP contribution in [0.15, 0.2) is 18.2 Å². The number of fused-ring (bicyclic) bond motifs is 1. The normalized spacial score (nSPS) is 17.5. The van der Waals surface area contributed by atoms with Crippen molar-refractivity contribution in [2.75, 3.05) is 18.0 Å². The lowest BCUT2D eigenvalue weighted by atomic mass is 10.1. The lowest BCUT2D eigenvalue weighted by Gasteiger charge is -2.32. The molecule has 1 amide bonds. The molecule has 3 heterocycles. The number of carbonyl (C=O) groups excluding carboxylic acids is 1. The highest BCUT2D eigenvalue weighted by Gasteiger charge is 2.25. The van der Waals surface area contributed by atoms with E-state index in [1.807, 2.05) is 20.0 Å². The molecule has 27 heavy (non-hydrogen) atoms. The number of nitrogens with one attached hydrogen (secondary N) is 1. The first-order valence-electron chi connectivity index (χ1n) is 9.35. The van der Waals surface area contributed by atoms with Crippen LogP contribution in [0.4, 0.5) is 5.13 Å². The molecule has 7 heteroatoms. The van der Waals surface area contributed by atoms with Crippen LogP contribution in [0.5, 0.6) is 0 Å². The molecule has 0 saturated carbocycles. The zero-order valence-corrected chi connectivity index (χ0v) is 17.1. The van der Waals surface area contributed by atoms with Crippen molar-refractivity contribution in [3.63, 3.8) is 0 Å². The third-order valence-electron chi connectivity index (χ3n) is 5.45. The van der Waals surface area contributed by atoms with Crippen LogP contribution in [0.1, 0.15) is 40.2 Å². The van der Waals surface area contributed by atoms with Crippen molar-refractivity contribution in [2.45, 2.75) is 39.7 Å². The third-order valence-corrected chi connectivity index (χ3v) is 6.53. The highest BCUT2D eigenvalue weighted by molar-refractivity contribution is 7.22. The van der Waals surface area contributed by atoms with Crippen LogP contribution < -0.4 is 10.2 Å². The van der Waals surface area contributed by atoms with Crippen LogP contribution in [0.25, 0.3) is 10.2 Å². The maximum absolute atomic E-state index is 12.5. The molecule has 1 aromatic carbocycles. The molecular formula is C20H25N5OS. The Morgan fingerprint density at radius 1 is 1.30 bits per heavy atom. The Morgan fingerprint density at radius 3 is 2.85 bits per heavy atom. The Hall–Kier alpha value is -2.41. The first kappa shape index (κ1) is 18.0. The molecule has 1 saturated heterocycles. The second-order valence-corrected chi connectivity index (χ2v) is 8.41. The minimum absolute atomic E-state index is 0.0960. The topological polar surface area (TPSA) is 63.1 Å². The molecule has 1 unspecified atom stereocenters. The van der Waals surface area contributed by atoms with Gasteiger partial charge in [-0.2, -0.15) is 5.10 Å². The number of aryl methyl sites for hydroxylation is 4. The molecule has 1 aliphatic rings. The van der Waals surface area contributed by atoms with E-state index >= 15 is 0 Å². The second-order valence-electron chi connectivity index (χ2n) is 7.40. The van der Waals surface area contributed by atoms with Gasteiger partial charge in [0.05, 0.1) is 10.2 Å². The average Bonchev–Trinajstić information content (AvgIpc) is 3.23. The number of anilines is 1. The van der Waals surface area contributed by atoms with E-state index in [0.29, 0.717) is 5.69 Å². The molecular weight excluding hydrogens is 358 g/mol. The predicted octanol–water partition coefficient (Wildman–Crippen LogP) is 3.35. The lowest BCUT2D eigenvalue weighted by molar-refractivity contribution is 0.0927. The Bertz CT molecular complexity index is 986. The van der Waals surface area contributed by atoms with Gasteiger partial charge >= 0.3 is 0 Å². The van der Waals surface area contributed by atoms with E-state index in [1.54, 1.807) is 16.0 Å². The number of piperidine rings is 1. The number of thiazole rings is 1. The van der Waals surface area contributed by atoms with Gasteiger partial charge in [0, 0.05) is 31.9 Å². The number of carbonyl (C=O) groups is 1. The summed E-state index contributed by atoms with van der Waals surface area (Å²) in [5.74, 6) is -0.0960. The quantitative estimate of drug-likeness (QED) is 0.753. The van der Waals surface area contributed by atoms with E-state index in [1.165, 1.54) is 15.8 Å². The molecule has 1 atom stereocenters. The maximum atomic E-state index is 12.5. The summed E-state index contributed by atoms with van der Waals surface area (Å²) in [6, 6.07) is 6.26. The van der Waals surface area contributed by atoms with Gasteiger partial charge in [0.2, 0.25) is 0 Å². The largest absolute Gasteiger partial charge is 0.346 e. The molecule has 0 radical (unpaired) electrons. The number of aromatic nitrogens is 3. The summed E-state index contributed by atoms with van der Waals surface area (Å²) >= 11 is 1.74. The van der Waals surface area contributed by atoms with Gasteiger partial charge in [-0.25, -0.2) is 4.98 Å². The van der Waals surface area contributed by atoms with Crippen molar-refractivity contribution in [2.24, 2.45) is 7.05 Å². The van der Waals surface area contributed by atoms with Crippen LogP contribution in [0.2, 0.25) is 0 Å². The van der Waals surface area contributed by atoms with Crippen molar-refractivity contribution in [1.29, 1.82) is 0 Å². The smallest absolute Gasteiger partial charge is 0.272 e. The fourth-order valence-corrected chi connectivity index (χ4v) is 4.61. The summed E-state index contributed by atoms with van der Waals surface area (Å²) in [5, 5.41) is 8.48. The molecule has 1 aliphatic heterocycles. The number of amides is 1. The number of nitrogens with zero attached hydrogens (tertiary/aromatic N) is 4. The zero-order chi connectivity index (χ0) is 19.1. The fourth-order valence-electron chi connectivity index (χ4n) is 3.55. The van der Waals surface area contributed by atoms with Gasteiger partial charge in [-0.3, -0.25) is 9.48 Å². The highest BCUT2D eigenvalue weighted by Crippen LogP contribution is 2.33. The first-order valence-corrected chi connectivity index (χ1v) is 10.2. The van der Waals surface area contributed by atoms with Crippen molar-refractivity contribution in [3.8, 4) is 0 Å². The Morgan fingerprint density at radius 2 is 2.11 bits per heavy atom. The van der Waals surface area contributed by atoms with E-state index in [4.69, 9.17) is 4.98 Å². The Kier molecular flexibility index (Phi) is 4.63. The number of hydrogen-bond acceptors (Lipinski definition) is 5. The standard InChI is InChI=1S/C20H25N5OS/c1-12-7-8-17-18(14(12)3)22-20(27-17)25-9-5-6-15(11-25)21-19(26)16-10-13(2)24(4)23-16/h7-8,10,15H,5-6,9,11H2,1-4H3,(H,21,26). The third kappa shape index (κ3) is 3.43. The highest BCUT2D eigenvalue weighted by atomic mass is 32.1. The van der Waals surface area contributed by atoms with Gasteiger partial charge in [-0.05, 0) is 56.9 Å². The summed E-state index contributed by atoms with van der Waals surface area (Å²) < 4.78 is 2.95.